The molecule has 0 fully saturated rings. The minimum absolute atomic E-state index is 0.0858. The number of nitrogens with two attached hydrogens (primary N) is 2. The number of aliphatic hydroxyl groups is 2. The van der Waals surface area contributed by atoms with Crippen molar-refractivity contribution in [3.63, 3.8) is 0 Å². The average molecular weight is 392 g/mol. The number of anilines is 2. The molecule has 0 unspecified atom stereocenters. The van der Waals surface area contributed by atoms with Crippen molar-refractivity contribution in [1.29, 1.82) is 0 Å². The Bertz CT molecular complexity index is 892. The smallest absolute Gasteiger partial charge is 0.286 e. The predicted octanol–water partition coefficient (Wildman–Crippen LogP) is 1.29. The van der Waals surface area contributed by atoms with E-state index in [2.05, 4.69) is 9.35 Å². The van der Waals surface area contributed by atoms with E-state index in [0.717, 1.165) is 5.56 Å². The van der Waals surface area contributed by atoms with Crippen LogP contribution in [0.3, 0.4) is 0 Å². The third-order valence-electron chi connectivity index (χ3n) is 3.88. The summed E-state index contributed by atoms with van der Waals surface area (Å²) in [4.78, 5) is 16.6. The number of hydrogen-bond acceptors (Lipinski definition) is 7. The summed E-state index contributed by atoms with van der Waals surface area (Å²) >= 11 is 0. The van der Waals surface area contributed by atoms with Gasteiger partial charge in [0.25, 0.3) is 5.91 Å². The number of pyridine rings is 1. The zero-order chi connectivity index (χ0) is 19.9. The van der Waals surface area contributed by atoms with Crippen molar-refractivity contribution in [3.05, 3.63) is 42.1 Å². The van der Waals surface area contributed by atoms with Crippen LogP contribution in [0.2, 0.25) is 0 Å². The molecule has 9 heteroatoms. The van der Waals surface area contributed by atoms with Gasteiger partial charge in [0.1, 0.15) is 5.82 Å². The van der Waals surface area contributed by atoms with Gasteiger partial charge in [0.05, 0.1) is 15.3 Å². The Labute approximate surface area is 158 Å². The average Bonchev–Trinajstić information content (AvgIpc) is 2.66. The molecule has 0 radical (unpaired) electrons. The number of aliphatic hydroxyl groups excluding tert-OH is 2. The number of carbonyl (C=O) groups excluding carboxylic acids is 1. The van der Waals surface area contributed by atoms with Gasteiger partial charge in [0.2, 0.25) is 0 Å². The summed E-state index contributed by atoms with van der Waals surface area (Å²) in [6.07, 6.45) is 1.81. The molecule has 27 heavy (non-hydrogen) atoms. The molecule has 2 rings (SSSR count). The molecule has 146 valence electrons. The molecule has 0 atom stereocenters. The van der Waals surface area contributed by atoms with Gasteiger partial charge in [-0.2, -0.15) is 4.36 Å². The van der Waals surface area contributed by atoms with E-state index in [1.807, 2.05) is 0 Å². The van der Waals surface area contributed by atoms with Crippen LogP contribution in [0.1, 0.15) is 23.2 Å². The highest BCUT2D eigenvalue weighted by Crippen LogP contribution is 2.26. The number of carbonyl (C=O) groups is 1. The number of rotatable bonds is 8. The molecule has 0 bridgehead atoms. The van der Waals surface area contributed by atoms with E-state index < -0.39 is 15.6 Å². The Kier molecular flexibility index (Phi) is 7.28. The zero-order valence-electron chi connectivity index (χ0n) is 14.9. The molecule has 0 aliphatic carbocycles. The molecule has 0 aliphatic heterocycles. The summed E-state index contributed by atoms with van der Waals surface area (Å²) in [6, 6.07) is 8.51. The molecular weight excluding hydrogens is 368 g/mol. The van der Waals surface area contributed by atoms with E-state index in [9.17, 15) is 9.00 Å². The van der Waals surface area contributed by atoms with Gasteiger partial charge < -0.3 is 21.7 Å². The summed E-state index contributed by atoms with van der Waals surface area (Å²) in [5.74, 6) is -0.247. The lowest BCUT2D eigenvalue weighted by Gasteiger charge is -2.10. The number of nitrogens with zero attached hydrogens (tertiary/aromatic N) is 2. The molecule has 8 nitrogen and oxygen atoms in total. The Balaban J connectivity index is 2.38. The summed E-state index contributed by atoms with van der Waals surface area (Å²) in [6.45, 7) is -0.297. The van der Waals surface area contributed by atoms with Crippen molar-refractivity contribution in [2.24, 2.45) is 4.36 Å². The van der Waals surface area contributed by atoms with Crippen molar-refractivity contribution in [1.82, 2.24) is 4.98 Å². The molecule has 6 N–H and O–H groups in total. The molecule has 0 aliphatic rings. The zero-order valence-corrected chi connectivity index (χ0v) is 15.7. The van der Waals surface area contributed by atoms with E-state index in [-0.39, 0.29) is 48.9 Å². The van der Waals surface area contributed by atoms with E-state index in [0.29, 0.717) is 11.3 Å². The molecule has 1 amide bonds. The van der Waals surface area contributed by atoms with Crippen LogP contribution in [0.15, 0.2) is 40.9 Å². The van der Waals surface area contributed by atoms with Crippen LogP contribution in [0, 0.1) is 0 Å². The highest BCUT2D eigenvalue weighted by atomic mass is 32.2. The van der Waals surface area contributed by atoms with Gasteiger partial charge in [-0.3, -0.25) is 4.79 Å². The fourth-order valence-electron chi connectivity index (χ4n) is 2.46. The number of nitrogen functional groups attached to an aromatic ring is 2. The summed E-state index contributed by atoms with van der Waals surface area (Å²) < 4.78 is 16.8. The van der Waals surface area contributed by atoms with Crippen LogP contribution in [0.4, 0.5) is 11.5 Å². The highest BCUT2D eigenvalue weighted by molar-refractivity contribution is 7.93. The van der Waals surface area contributed by atoms with Gasteiger partial charge in [0, 0.05) is 42.2 Å². The van der Waals surface area contributed by atoms with Gasteiger partial charge in [-0.05, 0) is 36.6 Å². The molecule has 0 spiro atoms. The first-order valence-electron chi connectivity index (χ1n) is 8.48. The lowest BCUT2D eigenvalue weighted by atomic mass is 10.0. The van der Waals surface area contributed by atoms with E-state index >= 15 is 0 Å². The van der Waals surface area contributed by atoms with Crippen LogP contribution >= 0.6 is 0 Å². The molecule has 1 heterocycles. The van der Waals surface area contributed by atoms with E-state index in [1.54, 1.807) is 30.3 Å². The van der Waals surface area contributed by atoms with Crippen LogP contribution in [0.25, 0.3) is 11.1 Å². The second-order valence-corrected chi connectivity index (χ2v) is 8.55. The van der Waals surface area contributed by atoms with Gasteiger partial charge in [-0.1, -0.05) is 12.1 Å². The van der Waals surface area contributed by atoms with Crippen LogP contribution in [0.5, 0.6) is 0 Å². The van der Waals surface area contributed by atoms with Crippen molar-refractivity contribution >= 4 is 27.1 Å². The van der Waals surface area contributed by atoms with E-state index in [1.165, 1.54) is 6.20 Å². The Morgan fingerprint density at radius 3 is 2.22 bits per heavy atom. The van der Waals surface area contributed by atoms with Crippen LogP contribution < -0.4 is 11.5 Å². The SMILES string of the molecule is Nc1ccc(-c2cc(C(=O)N=S(=O)(CCCO)CCCO)cnc2N)cc1. The standard InChI is InChI=1S/C18H24N4O4S/c19-15-5-3-13(4-6-15)16-11-14(12-21-17(16)20)18(25)22-27(26,9-1-7-23)10-2-8-24/h3-6,11-12,23-24H,1-2,7-10,19H2,(H2,20,21). The van der Waals surface area contributed by atoms with Gasteiger partial charge in [-0.25, -0.2) is 9.19 Å². The van der Waals surface area contributed by atoms with Gasteiger partial charge in [0.15, 0.2) is 0 Å². The summed E-state index contributed by atoms with van der Waals surface area (Å²) in [5.41, 5.74) is 13.7. The number of aromatic nitrogens is 1. The van der Waals surface area contributed by atoms with Crippen LogP contribution in [-0.2, 0) is 9.73 Å². The number of benzene rings is 1. The Hall–Kier alpha value is -2.49. The normalized spacial score (nSPS) is 11.3. The third kappa shape index (κ3) is 5.75. The minimum Gasteiger partial charge on any atom is -0.399 e. The fraction of sp³-hybridized carbons (Fsp3) is 0.333. The minimum atomic E-state index is -2.87. The molecule has 2 aromatic rings. The lowest BCUT2D eigenvalue weighted by molar-refractivity contribution is 0.100. The maximum absolute atomic E-state index is 12.9. The first-order chi connectivity index (χ1) is 12.9. The van der Waals surface area contributed by atoms with E-state index in [4.69, 9.17) is 21.7 Å². The number of hydrogen-bond donors (Lipinski definition) is 4. The second-order valence-electron chi connectivity index (χ2n) is 6.01. The van der Waals surface area contributed by atoms with Gasteiger partial charge in [-0.15, -0.1) is 0 Å². The molecule has 0 saturated carbocycles. The molecule has 0 saturated heterocycles. The second kappa shape index (κ2) is 9.45. The van der Waals surface area contributed by atoms with Gasteiger partial charge >= 0.3 is 0 Å². The maximum atomic E-state index is 12.9. The third-order valence-corrected chi connectivity index (χ3v) is 6.23. The molecule has 1 aromatic heterocycles. The maximum Gasteiger partial charge on any atom is 0.286 e. The first-order valence-corrected chi connectivity index (χ1v) is 10.3. The Morgan fingerprint density at radius 1 is 1.07 bits per heavy atom. The van der Waals surface area contributed by atoms with Crippen molar-refractivity contribution in [2.75, 3.05) is 36.2 Å². The van der Waals surface area contributed by atoms with Crippen LogP contribution in [-0.4, -0.2) is 50.0 Å². The van der Waals surface area contributed by atoms with Crippen molar-refractivity contribution in [3.8, 4) is 11.1 Å². The Morgan fingerprint density at radius 2 is 1.67 bits per heavy atom. The summed E-state index contributed by atoms with van der Waals surface area (Å²) in [7, 11) is -2.87. The largest absolute Gasteiger partial charge is 0.399 e. The topological polar surface area (TPSA) is 152 Å². The predicted molar refractivity (Wildman–Crippen MR) is 107 cm³/mol. The first kappa shape index (κ1) is 20.8. The van der Waals surface area contributed by atoms with Crippen molar-refractivity contribution < 1.29 is 19.2 Å². The molecular formula is C18H24N4O4S. The highest BCUT2D eigenvalue weighted by Gasteiger charge is 2.15. The lowest BCUT2D eigenvalue weighted by Crippen LogP contribution is -2.16. The number of amides is 1. The monoisotopic (exact) mass is 392 g/mol. The summed E-state index contributed by atoms with van der Waals surface area (Å²) in [5, 5.41) is 18.0. The molecule has 1 aromatic carbocycles. The fourth-order valence-corrected chi connectivity index (χ4v) is 4.42. The quantitative estimate of drug-likeness (QED) is 0.494. The van der Waals surface area contributed by atoms with Crippen molar-refractivity contribution in [2.45, 2.75) is 12.8 Å².